The van der Waals surface area contributed by atoms with E-state index in [1.54, 1.807) is 0 Å². The van der Waals surface area contributed by atoms with Crippen molar-refractivity contribution >= 4 is 12.0 Å². The van der Waals surface area contributed by atoms with Crippen molar-refractivity contribution in [3.63, 3.8) is 0 Å². The number of alkyl carbamates (subject to hydrolysis) is 1. The van der Waals surface area contributed by atoms with Gasteiger partial charge >= 0.3 is 6.09 Å². The molecule has 0 unspecified atom stereocenters. The lowest BCUT2D eigenvalue weighted by atomic mass is 10.3. The predicted octanol–water partition coefficient (Wildman–Crippen LogP) is -0.603. The Balaban J connectivity index is 2.20. The fourth-order valence-corrected chi connectivity index (χ4v) is 0.832. The average Bonchev–Trinajstić information content (AvgIpc) is 2.47. The van der Waals surface area contributed by atoms with Gasteiger partial charge in [0.05, 0.1) is 13.1 Å². The third-order valence-electron chi connectivity index (χ3n) is 1.44. The number of carbonyl (C=O) groups is 2. The molecular weight excluding hydrogens is 160 g/mol. The monoisotopic (exact) mass is 170 g/mol. The minimum Gasteiger partial charge on any atom is -0.442 e. The van der Waals surface area contributed by atoms with E-state index in [1.807, 2.05) is 0 Å². The van der Waals surface area contributed by atoms with E-state index in [1.165, 1.54) is 6.08 Å². The fraction of sp³-hybridized carbons (Fsp3) is 0.429. The Hall–Kier alpha value is -1.52. The zero-order valence-electron chi connectivity index (χ0n) is 6.50. The Bertz CT molecular complexity index is 215. The zero-order chi connectivity index (χ0) is 8.97. The molecule has 1 aliphatic rings. The lowest BCUT2D eigenvalue weighted by molar-refractivity contribution is -0.116. The maximum Gasteiger partial charge on any atom is 0.407 e. The number of ether oxygens (including phenoxy) is 1. The quantitative estimate of drug-likeness (QED) is 0.555. The highest BCUT2D eigenvalue weighted by atomic mass is 16.6. The predicted molar refractivity (Wildman–Crippen MR) is 41.5 cm³/mol. The summed E-state index contributed by atoms with van der Waals surface area (Å²) in [5, 5.41) is 4.99. The number of carbonyl (C=O) groups excluding carboxylic acids is 2. The maximum atomic E-state index is 10.7. The molecule has 1 fully saturated rings. The molecule has 0 aromatic carbocycles. The normalized spacial score (nSPS) is 21.0. The van der Waals surface area contributed by atoms with Crippen LogP contribution in [0.5, 0.6) is 0 Å². The van der Waals surface area contributed by atoms with E-state index in [4.69, 9.17) is 4.74 Å². The summed E-state index contributed by atoms with van der Waals surface area (Å²) in [7, 11) is 0. The summed E-state index contributed by atoms with van der Waals surface area (Å²) < 4.78 is 4.76. The molecule has 2 N–H and O–H groups in total. The van der Waals surface area contributed by atoms with E-state index >= 15 is 0 Å². The highest BCUT2D eigenvalue weighted by Gasteiger charge is 2.21. The molecule has 2 amide bonds. The van der Waals surface area contributed by atoms with Gasteiger partial charge in [-0.1, -0.05) is 6.58 Å². The van der Waals surface area contributed by atoms with Crippen molar-refractivity contribution in [3.05, 3.63) is 12.7 Å². The molecule has 0 aromatic heterocycles. The number of nitrogens with one attached hydrogen (secondary N) is 2. The van der Waals surface area contributed by atoms with E-state index in [-0.39, 0.29) is 12.0 Å². The summed E-state index contributed by atoms with van der Waals surface area (Å²) in [5.74, 6) is -0.266. The summed E-state index contributed by atoms with van der Waals surface area (Å²) in [6.45, 7) is 4.05. The van der Waals surface area contributed by atoms with Gasteiger partial charge in [0.1, 0.15) is 6.10 Å². The molecule has 1 aliphatic heterocycles. The number of amides is 2. The Morgan fingerprint density at radius 2 is 2.67 bits per heavy atom. The summed E-state index contributed by atoms with van der Waals surface area (Å²) >= 11 is 0. The van der Waals surface area contributed by atoms with Gasteiger partial charge in [0.25, 0.3) is 0 Å². The first-order valence-electron chi connectivity index (χ1n) is 3.57. The minimum atomic E-state index is -0.437. The van der Waals surface area contributed by atoms with Crippen molar-refractivity contribution in [3.8, 4) is 0 Å². The van der Waals surface area contributed by atoms with Crippen LogP contribution in [-0.2, 0) is 9.53 Å². The lowest BCUT2D eigenvalue weighted by Gasteiger charge is -2.06. The van der Waals surface area contributed by atoms with Gasteiger partial charge in [-0.2, -0.15) is 0 Å². The molecule has 0 spiro atoms. The first-order chi connectivity index (χ1) is 5.72. The Morgan fingerprint density at radius 1 is 1.92 bits per heavy atom. The van der Waals surface area contributed by atoms with Gasteiger partial charge in [-0.3, -0.25) is 4.79 Å². The van der Waals surface area contributed by atoms with Crippen LogP contribution >= 0.6 is 0 Å². The topological polar surface area (TPSA) is 67.4 Å². The van der Waals surface area contributed by atoms with Gasteiger partial charge in [0.2, 0.25) is 5.91 Å². The van der Waals surface area contributed by atoms with Crippen molar-refractivity contribution in [2.24, 2.45) is 0 Å². The number of hydrogen-bond donors (Lipinski definition) is 2. The van der Waals surface area contributed by atoms with Crippen LogP contribution in [0, 0.1) is 0 Å². The summed E-state index contributed by atoms with van der Waals surface area (Å²) in [5.41, 5.74) is 0. The van der Waals surface area contributed by atoms with Crippen LogP contribution in [0.3, 0.4) is 0 Å². The highest BCUT2D eigenvalue weighted by Crippen LogP contribution is 1.97. The van der Waals surface area contributed by atoms with Gasteiger partial charge in [-0.25, -0.2) is 4.79 Å². The Morgan fingerprint density at radius 3 is 3.17 bits per heavy atom. The standard InChI is InChI=1S/C7H10N2O3/c1-2-6(10)8-3-5-4-9-7(11)12-5/h2,5H,1,3-4H2,(H,8,10)(H,9,11)/t5-/m1/s1. The minimum absolute atomic E-state index is 0.263. The molecule has 0 saturated carbocycles. The Labute approximate surface area is 69.8 Å². The summed E-state index contributed by atoms with van der Waals surface area (Å²) in [6, 6.07) is 0. The molecule has 12 heavy (non-hydrogen) atoms. The molecule has 0 aromatic rings. The second-order valence-corrected chi connectivity index (χ2v) is 2.36. The zero-order valence-corrected chi connectivity index (χ0v) is 6.50. The second kappa shape index (κ2) is 3.75. The molecule has 0 bridgehead atoms. The van der Waals surface area contributed by atoms with Crippen molar-refractivity contribution in [2.75, 3.05) is 13.1 Å². The number of hydrogen-bond acceptors (Lipinski definition) is 3. The highest BCUT2D eigenvalue weighted by molar-refractivity contribution is 5.86. The van der Waals surface area contributed by atoms with Crippen LogP contribution in [-0.4, -0.2) is 31.2 Å². The molecule has 5 nitrogen and oxygen atoms in total. The SMILES string of the molecule is C=CC(=O)NC[C@@H]1CNC(=O)O1. The number of rotatable bonds is 3. The van der Waals surface area contributed by atoms with Crippen LogP contribution < -0.4 is 10.6 Å². The van der Waals surface area contributed by atoms with Crippen LogP contribution in [0.25, 0.3) is 0 Å². The van der Waals surface area contributed by atoms with Crippen LogP contribution in [0.15, 0.2) is 12.7 Å². The summed E-state index contributed by atoms with van der Waals surface area (Å²) in [4.78, 5) is 21.2. The maximum absolute atomic E-state index is 10.7. The molecular formula is C7H10N2O3. The van der Waals surface area contributed by atoms with Crippen LogP contribution in [0.4, 0.5) is 4.79 Å². The van der Waals surface area contributed by atoms with E-state index in [0.717, 1.165) is 0 Å². The van der Waals surface area contributed by atoms with E-state index in [2.05, 4.69) is 17.2 Å². The first kappa shape index (κ1) is 8.58. The molecule has 66 valence electrons. The summed E-state index contributed by atoms with van der Waals surface area (Å²) in [6.07, 6.45) is 0.471. The van der Waals surface area contributed by atoms with E-state index < -0.39 is 6.09 Å². The molecule has 0 aliphatic carbocycles. The van der Waals surface area contributed by atoms with E-state index in [0.29, 0.717) is 13.1 Å². The third-order valence-corrected chi connectivity index (χ3v) is 1.44. The van der Waals surface area contributed by atoms with Crippen molar-refractivity contribution in [1.82, 2.24) is 10.6 Å². The van der Waals surface area contributed by atoms with Crippen molar-refractivity contribution in [2.45, 2.75) is 6.10 Å². The van der Waals surface area contributed by atoms with Gasteiger partial charge in [0.15, 0.2) is 0 Å². The molecule has 1 saturated heterocycles. The molecule has 5 heteroatoms. The molecule has 1 heterocycles. The number of cyclic esters (lactones) is 1. The van der Waals surface area contributed by atoms with Gasteiger partial charge in [-0.15, -0.1) is 0 Å². The molecule has 1 atom stereocenters. The second-order valence-electron chi connectivity index (χ2n) is 2.36. The fourth-order valence-electron chi connectivity index (χ4n) is 0.832. The van der Waals surface area contributed by atoms with E-state index in [9.17, 15) is 9.59 Å². The van der Waals surface area contributed by atoms with Crippen LogP contribution in [0.2, 0.25) is 0 Å². The van der Waals surface area contributed by atoms with Gasteiger partial charge in [-0.05, 0) is 6.08 Å². The molecule has 1 rings (SSSR count). The van der Waals surface area contributed by atoms with Gasteiger partial charge < -0.3 is 15.4 Å². The average molecular weight is 170 g/mol. The molecule has 0 radical (unpaired) electrons. The van der Waals surface area contributed by atoms with Crippen molar-refractivity contribution < 1.29 is 14.3 Å². The Kier molecular flexibility index (Phi) is 2.68. The largest absolute Gasteiger partial charge is 0.442 e. The third kappa shape index (κ3) is 2.26. The lowest BCUT2D eigenvalue weighted by Crippen LogP contribution is -2.32. The van der Waals surface area contributed by atoms with Crippen molar-refractivity contribution in [1.29, 1.82) is 0 Å². The van der Waals surface area contributed by atoms with Crippen LogP contribution in [0.1, 0.15) is 0 Å². The smallest absolute Gasteiger partial charge is 0.407 e. The van der Waals surface area contributed by atoms with Gasteiger partial charge in [0, 0.05) is 0 Å². The first-order valence-corrected chi connectivity index (χ1v) is 3.57.